The Hall–Kier alpha value is -0.0800. The van der Waals surface area contributed by atoms with Gasteiger partial charge in [0.25, 0.3) is 0 Å². The first kappa shape index (κ1) is 14.0. The van der Waals surface area contributed by atoms with Crippen molar-refractivity contribution in [1.82, 2.24) is 10.2 Å². The molecule has 96 valence electrons. The van der Waals surface area contributed by atoms with Gasteiger partial charge in [-0.3, -0.25) is 0 Å². The summed E-state index contributed by atoms with van der Waals surface area (Å²) in [6.45, 7) is 7.20. The topological polar surface area (TPSA) is 15.3 Å². The zero-order chi connectivity index (χ0) is 12.3. The van der Waals surface area contributed by atoms with Gasteiger partial charge in [-0.2, -0.15) is 0 Å². The van der Waals surface area contributed by atoms with Crippen molar-refractivity contribution in [3.05, 3.63) is 0 Å². The Bertz CT molecular complexity index is 211. The minimum absolute atomic E-state index is 0.507. The molecule has 0 aromatic carbocycles. The van der Waals surface area contributed by atoms with Gasteiger partial charge in [0.2, 0.25) is 0 Å². The quantitative estimate of drug-likeness (QED) is 0.793. The van der Waals surface area contributed by atoms with Gasteiger partial charge in [0.05, 0.1) is 0 Å². The highest BCUT2D eigenvalue weighted by molar-refractivity contribution is 4.93. The SMILES string of the molecule is CCC(C)(C)C1CCC(NC)C(N(C)C)C1. The Morgan fingerprint density at radius 3 is 2.31 bits per heavy atom. The van der Waals surface area contributed by atoms with Crippen molar-refractivity contribution in [3.63, 3.8) is 0 Å². The van der Waals surface area contributed by atoms with Crippen molar-refractivity contribution in [2.75, 3.05) is 21.1 Å². The maximum atomic E-state index is 3.48. The van der Waals surface area contributed by atoms with Gasteiger partial charge in [-0.1, -0.05) is 27.2 Å². The molecule has 0 aromatic rings. The molecule has 16 heavy (non-hydrogen) atoms. The maximum Gasteiger partial charge on any atom is 0.0245 e. The van der Waals surface area contributed by atoms with Crippen LogP contribution in [0, 0.1) is 11.3 Å². The number of hydrogen-bond acceptors (Lipinski definition) is 2. The molecule has 1 rings (SSSR count). The van der Waals surface area contributed by atoms with Gasteiger partial charge in [0.15, 0.2) is 0 Å². The molecular weight excluding hydrogens is 196 g/mol. The zero-order valence-corrected chi connectivity index (χ0v) is 12.0. The van der Waals surface area contributed by atoms with Gasteiger partial charge in [-0.15, -0.1) is 0 Å². The molecule has 1 N–H and O–H groups in total. The van der Waals surface area contributed by atoms with E-state index in [1.165, 1.54) is 25.7 Å². The molecule has 1 fully saturated rings. The van der Waals surface area contributed by atoms with Crippen LogP contribution < -0.4 is 5.32 Å². The fraction of sp³-hybridized carbons (Fsp3) is 1.00. The van der Waals surface area contributed by atoms with Gasteiger partial charge in [-0.05, 0) is 51.7 Å². The van der Waals surface area contributed by atoms with E-state index in [0.29, 0.717) is 17.5 Å². The second-order valence-electron chi connectivity index (χ2n) is 6.28. The first-order chi connectivity index (χ1) is 7.42. The average Bonchev–Trinajstić information content (AvgIpc) is 2.28. The van der Waals surface area contributed by atoms with Crippen LogP contribution in [0.15, 0.2) is 0 Å². The molecule has 0 spiro atoms. The van der Waals surface area contributed by atoms with E-state index in [4.69, 9.17) is 0 Å². The van der Waals surface area contributed by atoms with E-state index in [0.717, 1.165) is 5.92 Å². The highest BCUT2D eigenvalue weighted by atomic mass is 15.1. The van der Waals surface area contributed by atoms with Crippen molar-refractivity contribution >= 4 is 0 Å². The molecule has 0 amide bonds. The second-order valence-corrected chi connectivity index (χ2v) is 6.28. The third kappa shape index (κ3) is 2.98. The highest BCUT2D eigenvalue weighted by Gasteiger charge is 2.37. The summed E-state index contributed by atoms with van der Waals surface area (Å²) in [6, 6.07) is 1.38. The molecule has 2 nitrogen and oxygen atoms in total. The third-order valence-corrected chi connectivity index (χ3v) is 4.87. The van der Waals surface area contributed by atoms with Gasteiger partial charge in [0.1, 0.15) is 0 Å². The molecule has 2 heteroatoms. The predicted molar refractivity (Wildman–Crippen MR) is 71.7 cm³/mol. The molecule has 0 aliphatic heterocycles. The summed E-state index contributed by atoms with van der Waals surface area (Å²) in [7, 11) is 6.54. The van der Waals surface area contributed by atoms with Gasteiger partial charge < -0.3 is 10.2 Å². The lowest BCUT2D eigenvalue weighted by Gasteiger charge is -2.45. The van der Waals surface area contributed by atoms with Crippen LogP contribution in [0.25, 0.3) is 0 Å². The van der Waals surface area contributed by atoms with Crippen LogP contribution in [0.4, 0.5) is 0 Å². The highest BCUT2D eigenvalue weighted by Crippen LogP contribution is 2.41. The summed E-state index contributed by atoms with van der Waals surface area (Å²) in [5.74, 6) is 0.884. The number of rotatable bonds is 4. The fourth-order valence-corrected chi connectivity index (χ4v) is 3.05. The van der Waals surface area contributed by atoms with Crippen LogP contribution in [0.2, 0.25) is 0 Å². The van der Waals surface area contributed by atoms with Crippen molar-refractivity contribution in [2.24, 2.45) is 11.3 Å². The molecule has 0 aromatic heterocycles. The summed E-state index contributed by atoms with van der Waals surface area (Å²) >= 11 is 0. The zero-order valence-electron chi connectivity index (χ0n) is 12.0. The Morgan fingerprint density at radius 2 is 1.88 bits per heavy atom. The second kappa shape index (κ2) is 5.50. The van der Waals surface area contributed by atoms with Gasteiger partial charge in [0, 0.05) is 12.1 Å². The molecule has 3 atom stereocenters. The third-order valence-electron chi connectivity index (χ3n) is 4.87. The van der Waals surface area contributed by atoms with Crippen LogP contribution in [0.1, 0.15) is 46.5 Å². The predicted octanol–water partition coefficient (Wildman–Crippen LogP) is 2.74. The molecule has 0 heterocycles. The first-order valence-electron chi connectivity index (χ1n) is 6.76. The van der Waals surface area contributed by atoms with Crippen molar-refractivity contribution in [2.45, 2.75) is 58.5 Å². The maximum absolute atomic E-state index is 3.48. The molecule has 0 radical (unpaired) electrons. The van der Waals surface area contributed by atoms with Crippen molar-refractivity contribution < 1.29 is 0 Å². The number of nitrogens with one attached hydrogen (secondary N) is 1. The Morgan fingerprint density at radius 1 is 1.25 bits per heavy atom. The lowest BCUT2D eigenvalue weighted by molar-refractivity contribution is 0.0755. The lowest BCUT2D eigenvalue weighted by atomic mass is 9.67. The van der Waals surface area contributed by atoms with E-state index in [-0.39, 0.29) is 0 Å². The summed E-state index contributed by atoms with van der Waals surface area (Å²) in [5.41, 5.74) is 0.507. The standard InChI is InChI=1S/C14H30N2/c1-7-14(2,3)11-8-9-12(15-4)13(10-11)16(5)6/h11-13,15H,7-10H2,1-6H3. The Kier molecular flexibility index (Phi) is 4.81. The number of hydrogen-bond donors (Lipinski definition) is 1. The van der Waals surface area contributed by atoms with E-state index in [9.17, 15) is 0 Å². The Balaban J connectivity index is 2.69. The summed E-state index contributed by atoms with van der Waals surface area (Å²) in [5, 5.41) is 3.48. The fourth-order valence-electron chi connectivity index (χ4n) is 3.05. The van der Waals surface area contributed by atoms with E-state index >= 15 is 0 Å². The summed E-state index contributed by atoms with van der Waals surface area (Å²) in [6.07, 6.45) is 5.35. The number of likely N-dealkylation sites (N-methyl/N-ethyl adjacent to an activating group) is 2. The minimum atomic E-state index is 0.507. The van der Waals surface area contributed by atoms with Crippen LogP contribution in [0.5, 0.6) is 0 Å². The van der Waals surface area contributed by atoms with Crippen LogP contribution in [-0.2, 0) is 0 Å². The molecule has 1 aliphatic carbocycles. The van der Waals surface area contributed by atoms with Gasteiger partial charge in [-0.25, -0.2) is 0 Å². The van der Waals surface area contributed by atoms with Crippen molar-refractivity contribution in [3.8, 4) is 0 Å². The average molecular weight is 226 g/mol. The smallest absolute Gasteiger partial charge is 0.0245 e. The Labute approximate surface area is 102 Å². The monoisotopic (exact) mass is 226 g/mol. The van der Waals surface area contributed by atoms with Gasteiger partial charge >= 0.3 is 0 Å². The van der Waals surface area contributed by atoms with E-state index in [1.54, 1.807) is 0 Å². The molecule has 3 unspecified atom stereocenters. The first-order valence-corrected chi connectivity index (χ1v) is 6.76. The molecule has 1 aliphatic rings. The van der Waals surface area contributed by atoms with E-state index in [2.05, 4.69) is 52.1 Å². The van der Waals surface area contributed by atoms with Crippen LogP contribution in [-0.4, -0.2) is 38.1 Å². The molecular formula is C14H30N2. The van der Waals surface area contributed by atoms with E-state index < -0.39 is 0 Å². The lowest BCUT2D eigenvalue weighted by Crippen LogP contribution is -2.51. The molecule has 0 bridgehead atoms. The van der Waals surface area contributed by atoms with E-state index in [1.807, 2.05) is 0 Å². The van der Waals surface area contributed by atoms with Crippen LogP contribution in [0.3, 0.4) is 0 Å². The molecule has 1 saturated carbocycles. The summed E-state index contributed by atoms with van der Waals surface area (Å²) < 4.78 is 0. The largest absolute Gasteiger partial charge is 0.315 e. The number of nitrogens with zero attached hydrogens (tertiary/aromatic N) is 1. The van der Waals surface area contributed by atoms with Crippen LogP contribution >= 0.6 is 0 Å². The minimum Gasteiger partial charge on any atom is -0.315 e. The molecule has 0 saturated heterocycles. The summed E-state index contributed by atoms with van der Waals surface area (Å²) in [4.78, 5) is 2.40. The normalized spacial score (nSPS) is 32.1. The van der Waals surface area contributed by atoms with Crippen molar-refractivity contribution in [1.29, 1.82) is 0 Å².